The number of amides is 1. The van der Waals surface area contributed by atoms with E-state index in [-0.39, 0.29) is 5.91 Å². The van der Waals surface area contributed by atoms with Gasteiger partial charge in [0.25, 0.3) is 5.91 Å². The van der Waals surface area contributed by atoms with Gasteiger partial charge in [0.1, 0.15) is 0 Å². The minimum Gasteiger partial charge on any atom is -0.490 e. The topological polar surface area (TPSA) is 97.2 Å². The van der Waals surface area contributed by atoms with Crippen LogP contribution in [0.2, 0.25) is 0 Å². The molecule has 1 aliphatic heterocycles. The van der Waals surface area contributed by atoms with Gasteiger partial charge in [-0.15, -0.1) is 0 Å². The van der Waals surface area contributed by atoms with Gasteiger partial charge in [-0.05, 0) is 73.1 Å². The van der Waals surface area contributed by atoms with Crippen molar-refractivity contribution >= 4 is 56.5 Å². The summed E-state index contributed by atoms with van der Waals surface area (Å²) in [5.74, 6) is -0.508. The number of thioether (sulfide) groups is 1. The van der Waals surface area contributed by atoms with Gasteiger partial charge in [-0.2, -0.15) is 0 Å². The van der Waals surface area contributed by atoms with E-state index >= 15 is 0 Å². The van der Waals surface area contributed by atoms with Crippen LogP contribution in [0.1, 0.15) is 25.8 Å². The van der Waals surface area contributed by atoms with Crippen LogP contribution < -0.4 is 14.8 Å². The van der Waals surface area contributed by atoms with Crippen LogP contribution in [0.5, 0.6) is 11.5 Å². The van der Waals surface area contributed by atoms with E-state index in [1.807, 2.05) is 31.2 Å². The van der Waals surface area contributed by atoms with E-state index in [4.69, 9.17) is 9.47 Å². The molecule has 31 heavy (non-hydrogen) atoms. The van der Waals surface area contributed by atoms with E-state index < -0.39 is 12.1 Å². The zero-order valence-corrected chi connectivity index (χ0v) is 19.3. The standard InChI is InChI=1S/C22H21BrN2O5S/c1-3-16(21(27)28)30-17-10-5-13(11-18(17)29-4-2)12-19-20(26)25-22(31-19)24-15-8-6-14(23)7-9-15/h5-12,16H,3-4H2,1-2H3,(H,27,28)(H,24,25,26)/b19-12+. The normalized spacial score (nSPS) is 16.9. The van der Waals surface area contributed by atoms with Crippen LogP contribution in [0.15, 0.2) is 56.8 Å². The predicted octanol–water partition coefficient (Wildman–Crippen LogP) is 4.98. The fraction of sp³-hybridized carbons (Fsp3) is 0.227. The first-order chi connectivity index (χ1) is 14.9. The summed E-state index contributed by atoms with van der Waals surface area (Å²) in [7, 11) is 0. The lowest BCUT2D eigenvalue weighted by molar-refractivity contribution is -0.145. The number of carboxylic acid groups (broad SMARTS) is 1. The van der Waals surface area contributed by atoms with E-state index in [0.717, 1.165) is 15.7 Å². The maximum Gasteiger partial charge on any atom is 0.344 e. The molecule has 0 aliphatic carbocycles. The molecule has 1 heterocycles. The third kappa shape index (κ3) is 6.11. The fourth-order valence-electron chi connectivity index (χ4n) is 2.71. The molecule has 3 rings (SSSR count). The molecule has 0 bridgehead atoms. The van der Waals surface area contributed by atoms with Gasteiger partial charge in [0.2, 0.25) is 0 Å². The molecule has 1 atom stereocenters. The molecular weight excluding hydrogens is 484 g/mol. The lowest BCUT2D eigenvalue weighted by Gasteiger charge is -2.16. The number of carbonyl (C=O) groups excluding carboxylic acids is 1. The molecular formula is C22H21BrN2O5S. The highest BCUT2D eigenvalue weighted by molar-refractivity contribution is 9.10. The number of hydrogen-bond donors (Lipinski definition) is 2. The van der Waals surface area contributed by atoms with Crippen LogP contribution in [-0.2, 0) is 9.59 Å². The van der Waals surface area contributed by atoms with Gasteiger partial charge >= 0.3 is 5.97 Å². The average molecular weight is 505 g/mol. The summed E-state index contributed by atoms with van der Waals surface area (Å²) >= 11 is 4.62. The highest BCUT2D eigenvalue weighted by atomic mass is 79.9. The molecule has 1 aliphatic rings. The molecule has 0 spiro atoms. The molecule has 2 aromatic carbocycles. The van der Waals surface area contributed by atoms with Crippen LogP contribution in [0.25, 0.3) is 6.08 Å². The number of halogens is 1. The Morgan fingerprint density at radius 3 is 2.61 bits per heavy atom. The van der Waals surface area contributed by atoms with Crippen molar-refractivity contribution in [3.63, 3.8) is 0 Å². The number of carbonyl (C=O) groups is 2. The third-order valence-corrected chi connectivity index (χ3v) is 5.63. The molecule has 1 saturated heterocycles. The highest BCUT2D eigenvalue weighted by Gasteiger charge is 2.24. The van der Waals surface area contributed by atoms with E-state index in [1.165, 1.54) is 11.8 Å². The molecule has 0 radical (unpaired) electrons. The minimum absolute atomic E-state index is 0.240. The largest absolute Gasteiger partial charge is 0.490 e. The quantitative estimate of drug-likeness (QED) is 0.492. The van der Waals surface area contributed by atoms with Crippen molar-refractivity contribution in [2.75, 3.05) is 6.61 Å². The van der Waals surface area contributed by atoms with Crippen molar-refractivity contribution in [3.05, 3.63) is 57.4 Å². The number of nitrogens with zero attached hydrogens (tertiary/aromatic N) is 1. The molecule has 2 aromatic rings. The second-order valence-electron chi connectivity index (χ2n) is 6.45. The van der Waals surface area contributed by atoms with Crippen molar-refractivity contribution in [1.82, 2.24) is 5.32 Å². The second-order valence-corrected chi connectivity index (χ2v) is 8.40. The highest BCUT2D eigenvalue weighted by Crippen LogP contribution is 2.33. The number of amidine groups is 1. The van der Waals surface area contributed by atoms with E-state index in [1.54, 1.807) is 31.2 Å². The monoisotopic (exact) mass is 504 g/mol. The zero-order chi connectivity index (χ0) is 22.4. The van der Waals surface area contributed by atoms with Crippen molar-refractivity contribution in [3.8, 4) is 11.5 Å². The predicted molar refractivity (Wildman–Crippen MR) is 125 cm³/mol. The summed E-state index contributed by atoms with van der Waals surface area (Å²) in [6, 6.07) is 12.6. The summed E-state index contributed by atoms with van der Waals surface area (Å²) in [6.07, 6.45) is 1.09. The van der Waals surface area contributed by atoms with E-state index in [9.17, 15) is 14.7 Å². The summed E-state index contributed by atoms with van der Waals surface area (Å²) < 4.78 is 12.2. The van der Waals surface area contributed by atoms with Gasteiger partial charge in [-0.1, -0.05) is 28.9 Å². The Kier molecular flexibility index (Phi) is 7.75. The van der Waals surface area contributed by atoms with Gasteiger partial charge in [0, 0.05) is 4.47 Å². The van der Waals surface area contributed by atoms with Crippen molar-refractivity contribution in [1.29, 1.82) is 0 Å². The second kappa shape index (κ2) is 10.5. The number of ether oxygens (including phenoxy) is 2. The van der Waals surface area contributed by atoms with E-state index in [0.29, 0.717) is 34.6 Å². The number of nitrogens with one attached hydrogen (secondary N) is 1. The number of aliphatic carboxylic acids is 1. The fourth-order valence-corrected chi connectivity index (χ4v) is 3.81. The summed E-state index contributed by atoms with van der Waals surface area (Å²) in [5, 5.41) is 12.5. The summed E-state index contributed by atoms with van der Waals surface area (Å²) in [5.41, 5.74) is 1.46. The molecule has 7 nitrogen and oxygen atoms in total. The Morgan fingerprint density at radius 1 is 1.23 bits per heavy atom. The van der Waals surface area contributed by atoms with Crippen LogP contribution >= 0.6 is 27.7 Å². The Hall–Kier alpha value is -2.78. The van der Waals surface area contributed by atoms with Gasteiger partial charge in [0.05, 0.1) is 17.2 Å². The molecule has 2 N–H and O–H groups in total. The first-order valence-corrected chi connectivity index (χ1v) is 11.2. The smallest absolute Gasteiger partial charge is 0.344 e. The third-order valence-electron chi connectivity index (χ3n) is 4.19. The van der Waals surface area contributed by atoms with Crippen LogP contribution in [0.3, 0.4) is 0 Å². The summed E-state index contributed by atoms with van der Waals surface area (Å²) in [4.78, 5) is 28.6. The molecule has 1 amide bonds. The number of benzene rings is 2. The Bertz CT molecular complexity index is 1040. The number of aliphatic imine (C=N–C) groups is 1. The van der Waals surface area contributed by atoms with Crippen molar-refractivity contribution < 1.29 is 24.2 Å². The molecule has 162 valence electrons. The van der Waals surface area contributed by atoms with Gasteiger partial charge in [-0.3, -0.25) is 4.79 Å². The van der Waals surface area contributed by atoms with Crippen LogP contribution in [0, 0.1) is 0 Å². The number of rotatable bonds is 8. The van der Waals surface area contributed by atoms with Crippen LogP contribution in [-0.4, -0.2) is 34.9 Å². The minimum atomic E-state index is -1.03. The van der Waals surface area contributed by atoms with Crippen molar-refractivity contribution in [2.45, 2.75) is 26.4 Å². The SMILES string of the molecule is CCOc1cc(/C=C2/SC(=Nc3ccc(Br)cc3)NC2=O)ccc1OC(CC)C(=O)O. The summed E-state index contributed by atoms with van der Waals surface area (Å²) in [6.45, 7) is 3.95. The maximum atomic E-state index is 12.4. The lowest BCUT2D eigenvalue weighted by atomic mass is 10.1. The van der Waals surface area contributed by atoms with Crippen molar-refractivity contribution in [2.24, 2.45) is 4.99 Å². The molecule has 1 fully saturated rings. The van der Waals surface area contributed by atoms with Crippen LogP contribution in [0.4, 0.5) is 5.69 Å². The van der Waals surface area contributed by atoms with E-state index in [2.05, 4.69) is 26.2 Å². The molecule has 9 heteroatoms. The van der Waals surface area contributed by atoms with Gasteiger partial charge in [0.15, 0.2) is 22.8 Å². The Balaban J connectivity index is 1.82. The molecule has 0 aromatic heterocycles. The average Bonchev–Trinajstić information content (AvgIpc) is 3.07. The zero-order valence-electron chi connectivity index (χ0n) is 16.9. The Labute approximate surface area is 192 Å². The number of hydrogen-bond acceptors (Lipinski definition) is 6. The number of carboxylic acids is 1. The van der Waals surface area contributed by atoms with Gasteiger partial charge in [-0.25, -0.2) is 9.79 Å². The first-order valence-electron chi connectivity index (χ1n) is 9.61. The lowest BCUT2D eigenvalue weighted by Crippen LogP contribution is -2.26. The Morgan fingerprint density at radius 2 is 1.97 bits per heavy atom. The van der Waals surface area contributed by atoms with Gasteiger partial charge < -0.3 is 19.9 Å². The molecule has 0 saturated carbocycles. The maximum absolute atomic E-state index is 12.4. The first kappa shape index (κ1) is 22.9. The molecule has 1 unspecified atom stereocenters.